The number of hydrogen-bond acceptors (Lipinski definition) is 6. The Morgan fingerprint density at radius 3 is 2.70 bits per heavy atom. The molecule has 8 nitrogen and oxygen atoms in total. The van der Waals surface area contributed by atoms with Crippen molar-refractivity contribution in [1.29, 1.82) is 0 Å². The van der Waals surface area contributed by atoms with Crippen molar-refractivity contribution in [3.63, 3.8) is 0 Å². The largest absolute Gasteiger partial charge is 0.507 e. The molecule has 1 aliphatic rings. The minimum absolute atomic E-state index is 0.199. The molecular formula is C22H29N3O5. The van der Waals surface area contributed by atoms with E-state index >= 15 is 0 Å². The third-order valence-corrected chi connectivity index (χ3v) is 5.61. The lowest BCUT2D eigenvalue weighted by molar-refractivity contribution is 0.0701. The van der Waals surface area contributed by atoms with E-state index in [0.717, 1.165) is 18.4 Å². The van der Waals surface area contributed by atoms with Crippen LogP contribution in [-0.4, -0.2) is 32.8 Å². The highest BCUT2D eigenvalue weighted by molar-refractivity contribution is 5.97. The van der Waals surface area contributed by atoms with Crippen LogP contribution in [0.3, 0.4) is 0 Å². The van der Waals surface area contributed by atoms with Crippen LogP contribution in [0.2, 0.25) is 0 Å². The fourth-order valence-corrected chi connectivity index (χ4v) is 3.93. The van der Waals surface area contributed by atoms with Crippen LogP contribution in [-0.2, 0) is 6.42 Å². The molecule has 4 N–H and O–H groups in total. The van der Waals surface area contributed by atoms with Gasteiger partial charge >= 0.3 is 0 Å². The van der Waals surface area contributed by atoms with Gasteiger partial charge < -0.3 is 14.8 Å². The number of aryl methyl sites for hydroxylation is 1. The van der Waals surface area contributed by atoms with E-state index in [1.54, 1.807) is 0 Å². The molecule has 0 aromatic carbocycles. The number of H-pyrrole nitrogens is 1. The maximum Gasteiger partial charge on any atom is 0.284 e. The summed E-state index contributed by atoms with van der Waals surface area (Å²) >= 11 is 0. The number of fused-ring (bicyclic) bond motifs is 3. The normalized spacial score (nSPS) is 15.3. The first kappa shape index (κ1) is 21.8. The number of amides is 1. The van der Waals surface area contributed by atoms with Gasteiger partial charge in [0.15, 0.2) is 0 Å². The Morgan fingerprint density at radius 2 is 2.10 bits per heavy atom. The van der Waals surface area contributed by atoms with Gasteiger partial charge in [-0.25, -0.2) is 10.5 Å². The monoisotopic (exact) mass is 415 g/mol. The molecule has 2 aromatic rings. The van der Waals surface area contributed by atoms with E-state index in [-0.39, 0.29) is 11.3 Å². The maximum atomic E-state index is 12.6. The Balaban J connectivity index is 2.24. The fraction of sp³-hybridized carbons (Fsp3) is 0.500. The molecule has 1 unspecified atom stereocenters. The lowest BCUT2D eigenvalue weighted by Gasteiger charge is -2.37. The van der Waals surface area contributed by atoms with Crippen molar-refractivity contribution in [2.24, 2.45) is 5.41 Å². The third-order valence-electron chi connectivity index (χ3n) is 5.61. The molecule has 162 valence electrons. The number of carbonyl (C=O) groups excluding carboxylic acids is 1. The summed E-state index contributed by atoms with van der Waals surface area (Å²) in [7, 11) is 0. The van der Waals surface area contributed by atoms with Crippen molar-refractivity contribution in [3.8, 4) is 22.9 Å². The average Bonchev–Trinajstić information content (AvgIpc) is 2.67. The quantitative estimate of drug-likeness (QED) is 0.337. The van der Waals surface area contributed by atoms with Gasteiger partial charge in [-0.05, 0) is 42.7 Å². The van der Waals surface area contributed by atoms with Crippen molar-refractivity contribution in [3.05, 3.63) is 38.8 Å². The summed E-state index contributed by atoms with van der Waals surface area (Å²) in [4.78, 5) is 31.9. The Hall–Kier alpha value is -2.87. The molecule has 0 fully saturated rings. The molecule has 0 aliphatic heterocycles. The molecule has 30 heavy (non-hydrogen) atoms. The number of pyridine rings is 2. The van der Waals surface area contributed by atoms with Gasteiger partial charge in [0, 0.05) is 5.56 Å². The molecule has 2 aromatic heterocycles. The Bertz CT molecular complexity index is 1040. The highest BCUT2D eigenvalue weighted by Gasteiger charge is 2.39. The zero-order valence-electron chi connectivity index (χ0n) is 18.0. The third kappa shape index (κ3) is 3.79. The second-order valence-electron chi connectivity index (χ2n) is 8.81. The standard InChI is InChI=1S/C22H29N3O5/c1-6-7-8-30-14-10-12-9-13(22(3,4)5)15-18(17(12)23-11(14)2)24-20(27)16(19(15)26)21(28)25-29/h10,13,29H,6-9H2,1-5H3,(H,25,28)(H2,24,26,27). The van der Waals surface area contributed by atoms with Gasteiger partial charge in [-0.1, -0.05) is 34.1 Å². The summed E-state index contributed by atoms with van der Waals surface area (Å²) in [5.41, 5.74) is 2.86. The predicted molar refractivity (Wildman–Crippen MR) is 112 cm³/mol. The Kier molecular flexibility index (Phi) is 5.90. The first-order valence-electron chi connectivity index (χ1n) is 10.2. The Labute approximate surface area is 175 Å². The summed E-state index contributed by atoms with van der Waals surface area (Å²) in [6, 6.07) is 1.96. The lowest BCUT2D eigenvalue weighted by atomic mass is 9.69. The molecular weight excluding hydrogens is 386 g/mol. The minimum Gasteiger partial charge on any atom is -0.507 e. The van der Waals surface area contributed by atoms with E-state index in [1.165, 1.54) is 5.48 Å². The molecule has 0 bridgehead atoms. The van der Waals surface area contributed by atoms with Crippen molar-refractivity contribution in [2.45, 2.75) is 59.8 Å². The number of aromatic nitrogens is 2. The van der Waals surface area contributed by atoms with E-state index in [1.807, 2.05) is 33.8 Å². The molecule has 3 rings (SSSR count). The summed E-state index contributed by atoms with van der Waals surface area (Å²) in [6.07, 6.45) is 2.53. The summed E-state index contributed by atoms with van der Waals surface area (Å²) < 4.78 is 5.90. The van der Waals surface area contributed by atoms with Crippen molar-refractivity contribution in [2.75, 3.05) is 6.61 Å². The zero-order chi connectivity index (χ0) is 22.2. The van der Waals surface area contributed by atoms with Gasteiger partial charge in [0.25, 0.3) is 11.5 Å². The highest BCUT2D eigenvalue weighted by atomic mass is 16.5. The second-order valence-corrected chi connectivity index (χ2v) is 8.81. The molecule has 0 saturated heterocycles. The van der Waals surface area contributed by atoms with Crippen LogP contribution in [0, 0.1) is 12.3 Å². The van der Waals surface area contributed by atoms with Gasteiger partial charge in [0.05, 0.1) is 23.7 Å². The van der Waals surface area contributed by atoms with Gasteiger partial charge in [-0.3, -0.25) is 14.8 Å². The average molecular weight is 415 g/mol. The highest BCUT2D eigenvalue weighted by Crippen LogP contribution is 2.50. The molecule has 0 radical (unpaired) electrons. The summed E-state index contributed by atoms with van der Waals surface area (Å²) in [5.74, 6) is -0.969. The number of carbonyl (C=O) groups is 1. The van der Waals surface area contributed by atoms with E-state index in [9.17, 15) is 14.7 Å². The number of aromatic amines is 1. The molecule has 0 saturated carbocycles. The second kappa shape index (κ2) is 8.10. The van der Waals surface area contributed by atoms with Crippen molar-refractivity contribution in [1.82, 2.24) is 15.4 Å². The summed E-state index contributed by atoms with van der Waals surface area (Å²) in [5, 5.41) is 19.9. The van der Waals surface area contributed by atoms with Crippen molar-refractivity contribution >= 4 is 5.91 Å². The molecule has 1 atom stereocenters. The van der Waals surface area contributed by atoms with E-state index in [2.05, 4.69) is 16.9 Å². The van der Waals surface area contributed by atoms with Gasteiger partial charge in [-0.15, -0.1) is 0 Å². The number of aromatic hydroxyl groups is 1. The SMILES string of the molecule is CCCCOc1cc2c(nc1C)-c1[nH]c(=O)c(C(=O)NO)c(O)c1C(C(C)(C)C)C2. The van der Waals surface area contributed by atoms with Crippen LogP contribution in [0.1, 0.15) is 73.6 Å². The number of hydroxylamine groups is 1. The first-order chi connectivity index (χ1) is 14.1. The van der Waals surface area contributed by atoms with Gasteiger partial charge in [0.2, 0.25) is 0 Å². The first-order valence-corrected chi connectivity index (χ1v) is 10.2. The maximum absolute atomic E-state index is 12.6. The fourth-order valence-electron chi connectivity index (χ4n) is 3.93. The molecule has 2 heterocycles. The number of ether oxygens (including phenoxy) is 1. The van der Waals surface area contributed by atoms with Crippen molar-refractivity contribution < 1.29 is 19.8 Å². The lowest BCUT2D eigenvalue weighted by Crippen LogP contribution is -2.32. The van der Waals surface area contributed by atoms with Crippen LogP contribution in [0.15, 0.2) is 10.9 Å². The number of rotatable bonds is 5. The minimum atomic E-state index is -1.06. The van der Waals surface area contributed by atoms with E-state index < -0.39 is 22.8 Å². The molecule has 8 heteroatoms. The number of unbranched alkanes of at least 4 members (excludes halogenated alkanes) is 1. The topological polar surface area (TPSA) is 125 Å². The number of nitrogens with one attached hydrogen (secondary N) is 2. The van der Waals surface area contributed by atoms with Crippen LogP contribution in [0.4, 0.5) is 0 Å². The van der Waals surface area contributed by atoms with Crippen LogP contribution < -0.4 is 15.8 Å². The Morgan fingerprint density at radius 1 is 1.40 bits per heavy atom. The number of hydrogen-bond donors (Lipinski definition) is 4. The smallest absolute Gasteiger partial charge is 0.284 e. The summed E-state index contributed by atoms with van der Waals surface area (Å²) in [6.45, 7) is 10.6. The molecule has 1 amide bonds. The zero-order valence-corrected chi connectivity index (χ0v) is 18.0. The van der Waals surface area contributed by atoms with Gasteiger partial charge in [-0.2, -0.15) is 0 Å². The van der Waals surface area contributed by atoms with Gasteiger partial charge in [0.1, 0.15) is 17.1 Å². The van der Waals surface area contributed by atoms with E-state index in [4.69, 9.17) is 9.94 Å². The molecule has 0 spiro atoms. The van der Waals surface area contributed by atoms with Crippen LogP contribution in [0.25, 0.3) is 11.4 Å². The number of nitrogens with zero attached hydrogens (tertiary/aromatic N) is 1. The van der Waals surface area contributed by atoms with E-state index in [0.29, 0.717) is 41.4 Å². The predicted octanol–water partition coefficient (Wildman–Crippen LogP) is 3.43. The van der Waals surface area contributed by atoms with Crippen LogP contribution >= 0.6 is 0 Å². The van der Waals surface area contributed by atoms with Crippen LogP contribution in [0.5, 0.6) is 11.5 Å². The molecule has 1 aliphatic carbocycles.